The Labute approximate surface area is 152 Å². The zero-order chi connectivity index (χ0) is 18.5. The van der Waals surface area contributed by atoms with Gasteiger partial charge in [-0.2, -0.15) is 0 Å². The van der Waals surface area contributed by atoms with Crippen LogP contribution < -0.4 is 16.4 Å². The van der Waals surface area contributed by atoms with Gasteiger partial charge in [-0.05, 0) is 35.8 Å². The second-order valence-corrected chi connectivity index (χ2v) is 7.67. The largest absolute Gasteiger partial charge is 0.368 e. The van der Waals surface area contributed by atoms with Gasteiger partial charge in [0.1, 0.15) is 0 Å². The number of benzene rings is 1. The Bertz CT molecular complexity index is 932. The number of hydrogen-bond donors (Lipinski definition) is 3. The number of rotatable bonds is 1. The summed E-state index contributed by atoms with van der Waals surface area (Å²) in [6, 6.07) is 6.25. The minimum Gasteiger partial charge on any atom is -0.368 e. The first-order chi connectivity index (χ1) is 12.3. The molecule has 0 saturated heterocycles. The molecule has 134 valence electrons. The quantitative estimate of drug-likeness (QED) is 0.732. The zero-order valence-electron chi connectivity index (χ0n) is 15.3. The Morgan fingerprint density at radius 3 is 2.88 bits per heavy atom. The highest BCUT2D eigenvalue weighted by atomic mass is 16.1. The SMILES string of the molecule is C[C@@H]1C=C(c2ccc3c(c2)C(C)(C)CNC3=O)c2cnc(N)nc2CN1. The molecule has 0 fully saturated rings. The van der Waals surface area contributed by atoms with Crippen LogP contribution in [0, 0.1) is 0 Å². The molecule has 3 heterocycles. The monoisotopic (exact) mass is 349 g/mol. The van der Waals surface area contributed by atoms with E-state index in [4.69, 9.17) is 5.73 Å². The maximum atomic E-state index is 12.2. The van der Waals surface area contributed by atoms with Gasteiger partial charge in [-0.3, -0.25) is 4.79 Å². The van der Waals surface area contributed by atoms with Crippen molar-refractivity contribution in [3.05, 3.63) is 58.4 Å². The van der Waals surface area contributed by atoms with Crippen LogP contribution >= 0.6 is 0 Å². The molecule has 6 heteroatoms. The smallest absolute Gasteiger partial charge is 0.251 e. The van der Waals surface area contributed by atoms with E-state index in [1.165, 1.54) is 0 Å². The molecule has 4 rings (SSSR count). The number of nitrogens with two attached hydrogens (primary N) is 1. The van der Waals surface area contributed by atoms with Gasteiger partial charge in [0, 0.05) is 41.9 Å². The summed E-state index contributed by atoms with van der Waals surface area (Å²) in [5.74, 6) is 0.273. The van der Waals surface area contributed by atoms with Crippen LogP contribution in [0.1, 0.15) is 53.5 Å². The number of anilines is 1. The number of amides is 1. The number of carbonyl (C=O) groups excluding carboxylic acids is 1. The maximum Gasteiger partial charge on any atom is 0.251 e. The summed E-state index contributed by atoms with van der Waals surface area (Å²) in [5, 5.41) is 6.40. The number of nitrogen functional groups attached to an aromatic ring is 1. The van der Waals surface area contributed by atoms with E-state index in [0.717, 1.165) is 33.5 Å². The van der Waals surface area contributed by atoms with Crippen molar-refractivity contribution in [3.63, 3.8) is 0 Å². The first-order valence-corrected chi connectivity index (χ1v) is 8.85. The van der Waals surface area contributed by atoms with Crippen LogP contribution in [-0.2, 0) is 12.0 Å². The third kappa shape index (κ3) is 2.76. The summed E-state index contributed by atoms with van der Waals surface area (Å²) in [5.41, 5.74) is 11.5. The predicted octanol–water partition coefficient (Wildman–Crippen LogP) is 2.00. The highest BCUT2D eigenvalue weighted by molar-refractivity contribution is 5.98. The number of nitrogens with one attached hydrogen (secondary N) is 2. The number of aromatic nitrogens is 2. The first kappa shape index (κ1) is 16.7. The molecule has 0 aliphatic carbocycles. The molecule has 6 nitrogen and oxygen atoms in total. The van der Waals surface area contributed by atoms with Crippen LogP contribution in [0.25, 0.3) is 5.57 Å². The number of nitrogens with zero attached hydrogens (tertiary/aromatic N) is 2. The number of fused-ring (bicyclic) bond motifs is 2. The number of hydrogen-bond acceptors (Lipinski definition) is 5. The average Bonchev–Trinajstić information content (AvgIpc) is 2.77. The summed E-state index contributed by atoms with van der Waals surface area (Å²) in [6.07, 6.45) is 3.98. The molecular formula is C20H23N5O. The predicted molar refractivity (Wildman–Crippen MR) is 102 cm³/mol. The highest BCUT2D eigenvalue weighted by Crippen LogP contribution is 2.35. The van der Waals surface area contributed by atoms with Crippen molar-refractivity contribution >= 4 is 17.4 Å². The molecule has 26 heavy (non-hydrogen) atoms. The van der Waals surface area contributed by atoms with E-state index in [0.29, 0.717) is 13.1 Å². The zero-order valence-corrected chi connectivity index (χ0v) is 15.3. The second kappa shape index (κ2) is 5.92. The van der Waals surface area contributed by atoms with Crippen molar-refractivity contribution in [1.82, 2.24) is 20.6 Å². The molecule has 4 N–H and O–H groups in total. The Kier molecular flexibility index (Phi) is 3.80. The maximum absolute atomic E-state index is 12.2. The molecule has 1 aromatic carbocycles. The highest BCUT2D eigenvalue weighted by Gasteiger charge is 2.32. The van der Waals surface area contributed by atoms with E-state index in [-0.39, 0.29) is 23.3 Å². The Morgan fingerprint density at radius 2 is 2.08 bits per heavy atom. The van der Waals surface area contributed by atoms with E-state index >= 15 is 0 Å². The van der Waals surface area contributed by atoms with E-state index in [2.05, 4.69) is 53.5 Å². The Hall–Kier alpha value is -2.73. The molecule has 1 aromatic heterocycles. The third-order valence-electron chi connectivity index (χ3n) is 5.18. The van der Waals surface area contributed by atoms with Crippen molar-refractivity contribution in [2.45, 2.75) is 38.8 Å². The van der Waals surface area contributed by atoms with E-state index in [9.17, 15) is 4.79 Å². The van der Waals surface area contributed by atoms with Crippen LogP contribution in [0.4, 0.5) is 5.95 Å². The van der Waals surface area contributed by atoms with Gasteiger partial charge < -0.3 is 16.4 Å². The van der Waals surface area contributed by atoms with Gasteiger partial charge in [-0.1, -0.05) is 26.0 Å². The minimum absolute atomic E-state index is 0.00716. The summed E-state index contributed by atoms with van der Waals surface area (Å²) >= 11 is 0. The fraction of sp³-hybridized carbons (Fsp3) is 0.350. The van der Waals surface area contributed by atoms with Crippen LogP contribution in [0.5, 0.6) is 0 Å². The van der Waals surface area contributed by atoms with Gasteiger partial charge in [0.2, 0.25) is 5.95 Å². The fourth-order valence-corrected chi connectivity index (χ4v) is 3.66. The van der Waals surface area contributed by atoms with Crippen LogP contribution in [-0.4, -0.2) is 28.5 Å². The van der Waals surface area contributed by atoms with E-state index in [1.54, 1.807) is 6.20 Å². The number of carbonyl (C=O) groups is 1. The molecule has 0 spiro atoms. The van der Waals surface area contributed by atoms with Gasteiger partial charge in [0.25, 0.3) is 5.91 Å². The van der Waals surface area contributed by atoms with Gasteiger partial charge in [0.05, 0.1) is 5.69 Å². The minimum atomic E-state index is -0.116. The van der Waals surface area contributed by atoms with Gasteiger partial charge in [-0.15, -0.1) is 0 Å². The standard InChI is InChI=1S/C20H23N5O/c1-11-6-14(15-8-23-19(21)25-17(15)9-22-11)12-4-5-13-16(7-12)20(2,3)10-24-18(13)26/h4-8,11,22H,9-10H2,1-3H3,(H,24,26)(H2,21,23,25)/t11-/m1/s1. The summed E-state index contributed by atoms with van der Waals surface area (Å²) in [4.78, 5) is 20.8. The molecular weight excluding hydrogens is 326 g/mol. The third-order valence-corrected chi connectivity index (χ3v) is 5.18. The van der Waals surface area contributed by atoms with Gasteiger partial charge in [0.15, 0.2) is 0 Å². The van der Waals surface area contributed by atoms with Crippen molar-refractivity contribution in [3.8, 4) is 0 Å². The van der Waals surface area contributed by atoms with Crippen LogP contribution in [0.15, 0.2) is 30.5 Å². The summed E-state index contributed by atoms with van der Waals surface area (Å²) < 4.78 is 0. The van der Waals surface area contributed by atoms with Crippen molar-refractivity contribution in [2.24, 2.45) is 0 Å². The normalized spacial score (nSPS) is 21.1. The molecule has 2 aromatic rings. The molecule has 0 unspecified atom stereocenters. The van der Waals surface area contributed by atoms with Gasteiger partial charge >= 0.3 is 0 Å². The Morgan fingerprint density at radius 1 is 1.27 bits per heavy atom. The molecule has 0 saturated carbocycles. The van der Waals surface area contributed by atoms with Crippen LogP contribution in [0.2, 0.25) is 0 Å². The second-order valence-electron chi connectivity index (χ2n) is 7.67. The van der Waals surface area contributed by atoms with E-state index < -0.39 is 0 Å². The van der Waals surface area contributed by atoms with E-state index in [1.807, 2.05) is 12.1 Å². The van der Waals surface area contributed by atoms with Crippen molar-refractivity contribution in [1.29, 1.82) is 0 Å². The molecule has 0 bridgehead atoms. The molecule has 1 amide bonds. The fourth-order valence-electron chi connectivity index (χ4n) is 3.66. The molecule has 1 atom stereocenters. The molecule has 2 aliphatic rings. The lowest BCUT2D eigenvalue weighted by Gasteiger charge is -2.33. The lowest BCUT2D eigenvalue weighted by molar-refractivity contribution is 0.0930. The lowest BCUT2D eigenvalue weighted by atomic mass is 9.77. The first-order valence-electron chi connectivity index (χ1n) is 8.85. The average molecular weight is 349 g/mol. The van der Waals surface area contributed by atoms with Gasteiger partial charge in [-0.25, -0.2) is 9.97 Å². The van der Waals surface area contributed by atoms with Crippen LogP contribution in [0.3, 0.4) is 0 Å². The summed E-state index contributed by atoms with van der Waals surface area (Å²) in [7, 11) is 0. The van der Waals surface area contributed by atoms with Crippen molar-refractivity contribution < 1.29 is 4.79 Å². The summed E-state index contributed by atoms with van der Waals surface area (Å²) in [6.45, 7) is 7.69. The van der Waals surface area contributed by atoms with Crippen molar-refractivity contribution in [2.75, 3.05) is 12.3 Å². The lowest BCUT2D eigenvalue weighted by Crippen LogP contribution is -2.43. The Balaban J connectivity index is 1.89. The molecule has 2 aliphatic heterocycles. The topological polar surface area (TPSA) is 92.9 Å². The molecule has 0 radical (unpaired) electrons.